The first-order valence-corrected chi connectivity index (χ1v) is 7.71. The highest BCUT2D eigenvalue weighted by atomic mass is 16.4. The number of nitrogens with two attached hydrogens (primary N) is 1. The zero-order chi connectivity index (χ0) is 13.8. The molecule has 0 spiro atoms. The smallest absolute Gasteiger partial charge is 0.298 e. The van der Waals surface area contributed by atoms with Crippen LogP contribution < -0.4 is 10.6 Å². The molecule has 0 saturated heterocycles. The molecule has 1 fully saturated rings. The summed E-state index contributed by atoms with van der Waals surface area (Å²) in [4.78, 5) is 7.00. The molecule has 108 valence electrons. The minimum atomic E-state index is 0.559. The van der Waals surface area contributed by atoms with Crippen molar-refractivity contribution in [3.8, 4) is 0 Å². The summed E-state index contributed by atoms with van der Waals surface area (Å²) in [6, 6.07) is 9.30. The lowest BCUT2D eigenvalue weighted by Crippen LogP contribution is -2.38. The van der Waals surface area contributed by atoms with Gasteiger partial charge in [0, 0.05) is 12.6 Å². The van der Waals surface area contributed by atoms with Gasteiger partial charge < -0.3 is 15.1 Å². The minimum absolute atomic E-state index is 0.559. The Kier molecular flexibility index (Phi) is 4.21. The molecule has 0 atom stereocenters. The maximum absolute atomic E-state index is 5.95. The second kappa shape index (κ2) is 6.27. The van der Waals surface area contributed by atoms with Crippen LogP contribution in [0.25, 0.3) is 11.1 Å². The SMILES string of the molecule is NCCCN(c1nc2ccccc2o1)C1CCCCC1. The van der Waals surface area contributed by atoms with Gasteiger partial charge in [-0.3, -0.25) is 0 Å². The number of rotatable bonds is 5. The molecule has 1 heterocycles. The van der Waals surface area contributed by atoms with Crippen LogP contribution in [0.5, 0.6) is 0 Å². The summed E-state index contributed by atoms with van der Waals surface area (Å²) in [5.41, 5.74) is 7.49. The molecule has 0 aliphatic heterocycles. The van der Waals surface area contributed by atoms with E-state index >= 15 is 0 Å². The Hall–Kier alpha value is -1.55. The van der Waals surface area contributed by atoms with Crippen LogP contribution in [0.2, 0.25) is 0 Å². The summed E-state index contributed by atoms with van der Waals surface area (Å²) in [6.45, 7) is 1.65. The van der Waals surface area contributed by atoms with Crippen molar-refractivity contribution in [1.82, 2.24) is 4.98 Å². The molecule has 20 heavy (non-hydrogen) atoms. The molecule has 1 aliphatic carbocycles. The van der Waals surface area contributed by atoms with E-state index in [1.807, 2.05) is 24.3 Å². The molecule has 4 nitrogen and oxygen atoms in total. The fourth-order valence-electron chi connectivity index (χ4n) is 3.07. The Morgan fingerprint density at radius 2 is 2.00 bits per heavy atom. The van der Waals surface area contributed by atoms with Gasteiger partial charge in [0.05, 0.1) is 0 Å². The van der Waals surface area contributed by atoms with Gasteiger partial charge in [0.25, 0.3) is 6.01 Å². The fourth-order valence-corrected chi connectivity index (χ4v) is 3.07. The molecule has 1 aromatic heterocycles. The molecule has 0 unspecified atom stereocenters. The van der Waals surface area contributed by atoms with E-state index in [1.54, 1.807) is 0 Å². The summed E-state index contributed by atoms with van der Waals surface area (Å²) in [5, 5.41) is 0. The van der Waals surface area contributed by atoms with E-state index in [0.717, 1.165) is 30.1 Å². The Bertz CT molecular complexity index is 512. The number of aromatic nitrogens is 1. The van der Waals surface area contributed by atoms with Gasteiger partial charge >= 0.3 is 0 Å². The summed E-state index contributed by atoms with van der Waals surface area (Å²) in [6.07, 6.45) is 7.44. The van der Waals surface area contributed by atoms with Gasteiger partial charge in [-0.05, 0) is 37.9 Å². The Labute approximate surface area is 120 Å². The third-order valence-corrected chi connectivity index (χ3v) is 4.15. The Morgan fingerprint density at radius 3 is 2.75 bits per heavy atom. The molecule has 1 aromatic carbocycles. The zero-order valence-electron chi connectivity index (χ0n) is 11.9. The maximum Gasteiger partial charge on any atom is 0.298 e. The first-order valence-electron chi connectivity index (χ1n) is 7.71. The second-order valence-electron chi connectivity index (χ2n) is 5.59. The van der Waals surface area contributed by atoms with Crippen LogP contribution in [0.4, 0.5) is 6.01 Å². The van der Waals surface area contributed by atoms with Gasteiger partial charge in [-0.1, -0.05) is 31.4 Å². The monoisotopic (exact) mass is 273 g/mol. The number of anilines is 1. The highest BCUT2D eigenvalue weighted by molar-refractivity contribution is 5.74. The molecule has 2 aromatic rings. The number of oxazole rings is 1. The molecule has 1 aliphatic rings. The average Bonchev–Trinajstić information content (AvgIpc) is 2.92. The predicted octanol–water partition coefficient (Wildman–Crippen LogP) is 3.32. The molecule has 0 bridgehead atoms. The highest BCUT2D eigenvalue weighted by Gasteiger charge is 2.24. The van der Waals surface area contributed by atoms with Crippen LogP contribution in [0.3, 0.4) is 0 Å². The van der Waals surface area contributed by atoms with Gasteiger partial charge in [-0.15, -0.1) is 0 Å². The zero-order valence-corrected chi connectivity index (χ0v) is 11.9. The molecule has 0 radical (unpaired) electrons. The van der Waals surface area contributed by atoms with Crippen molar-refractivity contribution in [1.29, 1.82) is 0 Å². The number of benzene rings is 1. The first kappa shape index (κ1) is 13.4. The minimum Gasteiger partial charge on any atom is -0.423 e. The lowest BCUT2D eigenvalue weighted by atomic mass is 9.94. The van der Waals surface area contributed by atoms with Gasteiger partial charge in [0.1, 0.15) is 5.52 Å². The number of nitrogens with zero attached hydrogens (tertiary/aromatic N) is 2. The summed E-state index contributed by atoms with van der Waals surface area (Å²) in [5.74, 6) is 0. The fraction of sp³-hybridized carbons (Fsp3) is 0.562. The quantitative estimate of drug-likeness (QED) is 0.908. The summed E-state index contributed by atoms with van der Waals surface area (Å²) < 4.78 is 5.95. The maximum atomic E-state index is 5.95. The van der Waals surface area contributed by atoms with Crippen LogP contribution in [0, 0.1) is 0 Å². The van der Waals surface area contributed by atoms with Crippen molar-refractivity contribution in [3.05, 3.63) is 24.3 Å². The number of fused-ring (bicyclic) bond motifs is 1. The third kappa shape index (κ3) is 2.80. The molecule has 1 saturated carbocycles. The molecular formula is C16H23N3O. The van der Waals surface area contributed by atoms with E-state index in [9.17, 15) is 0 Å². The highest BCUT2D eigenvalue weighted by Crippen LogP contribution is 2.29. The molecule has 4 heteroatoms. The van der Waals surface area contributed by atoms with Crippen LogP contribution in [0.15, 0.2) is 28.7 Å². The van der Waals surface area contributed by atoms with Crippen molar-refractivity contribution < 1.29 is 4.42 Å². The Balaban J connectivity index is 1.86. The van der Waals surface area contributed by atoms with Gasteiger partial charge in [-0.2, -0.15) is 4.98 Å². The van der Waals surface area contributed by atoms with E-state index in [1.165, 1.54) is 32.1 Å². The van der Waals surface area contributed by atoms with Crippen molar-refractivity contribution in [2.45, 2.75) is 44.6 Å². The van der Waals surface area contributed by atoms with Crippen LogP contribution in [-0.4, -0.2) is 24.1 Å². The largest absolute Gasteiger partial charge is 0.423 e. The van der Waals surface area contributed by atoms with E-state index in [2.05, 4.69) is 9.88 Å². The molecular weight excluding hydrogens is 250 g/mol. The van der Waals surface area contributed by atoms with Crippen LogP contribution in [0.1, 0.15) is 38.5 Å². The number of para-hydroxylation sites is 2. The lowest BCUT2D eigenvalue weighted by molar-refractivity contribution is 0.393. The van der Waals surface area contributed by atoms with Crippen molar-refractivity contribution in [3.63, 3.8) is 0 Å². The summed E-state index contributed by atoms with van der Waals surface area (Å²) in [7, 11) is 0. The first-order chi connectivity index (χ1) is 9.88. The second-order valence-corrected chi connectivity index (χ2v) is 5.59. The molecule has 0 amide bonds. The van der Waals surface area contributed by atoms with Crippen molar-refractivity contribution >= 4 is 17.1 Å². The van der Waals surface area contributed by atoms with Gasteiger partial charge in [0.15, 0.2) is 5.58 Å². The Morgan fingerprint density at radius 1 is 1.20 bits per heavy atom. The van der Waals surface area contributed by atoms with E-state index in [4.69, 9.17) is 10.2 Å². The van der Waals surface area contributed by atoms with Crippen LogP contribution >= 0.6 is 0 Å². The molecule has 2 N–H and O–H groups in total. The van der Waals surface area contributed by atoms with Gasteiger partial charge in [-0.25, -0.2) is 0 Å². The predicted molar refractivity (Wildman–Crippen MR) is 81.9 cm³/mol. The standard InChI is InChI=1S/C16H23N3O/c17-11-6-12-19(13-7-2-1-3-8-13)16-18-14-9-4-5-10-15(14)20-16/h4-5,9-10,13H,1-3,6-8,11-12,17H2. The third-order valence-electron chi connectivity index (χ3n) is 4.15. The average molecular weight is 273 g/mol. The van der Waals surface area contributed by atoms with E-state index in [-0.39, 0.29) is 0 Å². The number of hydrogen-bond donors (Lipinski definition) is 1. The van der Waals surface area contributed by atoms with Crippen molar-refractivity contribution in [2.24, 2.45) is 5.73 Å². The molecule has 3 rings (SSSR count). The normalized spacial score (nSPS) is 16.6. The van der Waals surface area contributed by atoms with Gasteiger partial charge in [0.2, 0.25) is 0 Å². The van der Waals surface area contributed by atoms with Crippen LogP contribution in [-0.2, 0) is 0 Å². The van der Waals surface area contributed by atoms with Crippen molar-refractivity contribution in [2.75, 3.05) is 18.0 Å². The van der Waals surface area contributed by atoms with E-state index < -0.39 is 0 Å². The summed E-state index contributed by atoms with van der Waals surface area (Å²) >= 11 is 0. The number of hydrogen-bond acceptors (Lipinski definition) is 4. The van der Waals surface area contributed by atoms with E-state index in [0.29, 0.717) is 12.6 Å². The lowest BCUT2D eigenvalue weighted by Gasteiger charge is -2.33. The topological polar surface area (TPSA) is 55.3 Å².